The summed E-state index contributed by atoms with van der Waals surface area (Å²) in [5, 5.41) is 10.8. The van der Waals surface area contributed by atoms with Crippen LogP contribution in [0, 0.1) is 10.1 Å². The lowest BCUT2D eigenvalue weighted by Gasteiger charge is -2.34. The van der Waals surface area contributed by atoms with Crippen LogP contribution in [0.15, 0.2) is 48.5 Å². The molecule has 27 heavy (non-hydrogen) atoms. The quantitative estimate of drug-likeness (QED) is 0.514. The lowest BCUT2D eigenvalue weighted by molar-refractivity contribution is -0.384. The molecule has 7 nitrogen and oxygen atoms in total. The van der Waals surface area contributed by atoms with Gasteiger partial charge in [-0.05, 0) is 17.7 Å². The maximum Gasteiger partial charge on any atom is 0.269 e. The van der Waals surface area contributed by atoms with Crippen molar-refractivity contribution in [2.24, 2.45) is 7.05 Å². The van der Waals surface area contributed by atoms with Crippen LogP contribution in [0.25, 0.3) is 11.0 Å². The van der Waals surface area contributed by atoms with Gasteiger partial charge in [-0.2, -0.15) is 0 Å². The Kier molecular flexibility index (Phi) is 4.87. The Morgan fingerprint density at radius 3 is 2.22 bits per heavy atom. The smallest absolute Gasteiger partial charge is 0.269 e. The largest absolute Gasteiger partial charge is 0.330 e. The predicted molar refractivity (Wildman–Crippen MR) is 104 cm³/mol. The van der Waals surface area contributed by atoms with E-state index in [0.29, 0.717) is 0 Å². The van der Waals surface area contributed by atoms with Gasteiger partial charge in [-0.1, -0.05) is 24.3 Å². The van der Waals surface area contributed by atoms with E-state index in [-0.39, 0.29) is 10.6 Å². The first-order chi connectivity index (χ1) is 13.1. The summed E-state index contributed by atoms with van der Waals surface area (Å²) in [5.41, 5.74) is 3.48. The van der Waals surface area contributed by atoms with Crippen LogP contribution in [-0.4, -0.2) is 50.5 Å². The maximum atomic E-state index is 10.8. The summed E-state index contributed by atoms with van der Waals surface area (Å²) >= 11 is 0. The summed E-state index contributed by atoms with van der Waals surface area (Å²) in [4.78, 5) is 20.0. The molecule has 1 fully saturated rings. The van der Waals surface area contributed by atoms with Gasteiger partial charge in [0.2, 0.25) is 0 Å². The van der Waals surface area contributed by atoms with Gasteiger partial charge in [-0.3, -0.25) is 19.9 Å². The Morgan fingerprint density at radius 2 is 1.59 bits per heavy atom. The molecule has 0 amide bonds. The normalized spacial score (nSPS) is 16.0. The highest BCUT2D eigenvalue weighted by Gasteiger charge is 2.19. The zero-order chi connectivity index (χ0) is 18.8. The van der Waals surface area contributed by atoms with E-state index in [9.17, 15) is 10.1 Å². The summed E-state index contributed by atoms with van der Waals surface area (Å²) in [6.07, 6.45) is 0. The van der Waals surface area contributed by atoms with Crippen LogP contribution in [-0.2, 0) is 20.1 Å². The van der Waals surface area contributed by atoms with E-state index in [4.69, 9.17) is 4.98 Å². The predicted octanol–water partition coefficient (Wildman–Crippen LogP) is 2.80. The molecular weight excluding hydrogens is 342 g/mol. The minimum Gasteiger partial charge on any atom is -0.330 e. The standard InChI is InChI=1S/C20H23N5O2/c1-22-19-5-3-2-4-18(19)21-20(22)15-24-12-10-23(11-13-24)14-16-6-8-17(9-7-16)25(26)27/h2-9H,10-15H2,1H3. The van der Waals surface area contributed by atoms with Gasteiger partial charge >= 0.3 is 0 Å². The average Bonchev–Trinajstić information content (AvgIpc) is 3.00. The molecule has 2 aromatic carbocycles. The van der Waals surface area contributed by atoms with Crippen molar-refractivity contribution < 1.29 is 4.92 Å². The Labute approximate surface area is 158 Å². The van der Waals surface area contributed by atoms with Crippen LogP contribution in [0.3, 0.4) is 0 Å². The fraction of sp³-hybridized carbons (Fsp3) is 0.350. The first kappa shape index (κ1) is 17.6. The van der Waals surface area contributed by atoms with Crippen molar-refractivity contribution in [3.8, 4) is 0 Å². The van der Waals surface area contributed by atoms with Gasteiger partial charge in [0.05, 0.1) is 22.5 Å². The highest BCUT2D eigenvalue weighted by Crippen LogP contribution is 2.18. The highest BCUT2D eigenvalue weighted by atomic mass is 16.6. The fourth-order valence-corrected chi connectivity index (χ4v) is 3.62. The fourth-order valence-electron chi connectivity index (χ4n) is 3.62. The van der Waals surface area contributed by atoms with Crippen LogP contribution in [0.1, 0.15) is 11.4 Å². The maximum absolute atomic E-state index is 10.8. The minimum absolute atomic E-state index is 0.144. The molecule has 0 spiro atoms. The number of hydrogen-bond acceptors (Lipinski definition) is 5. The number of benzene rings is 2. The van der Waals surface area contributed by atoms with E-state index in [1.165, 1.54) is 5.52 Å². The average molecular weight is 365 g/mol. The molecule has 7 heteroatoms. The molecule has 1 aliphatic rings. The number of nitro benzene ring substituents is 1. The minimum atomic E-state index is -0.358. The first-order valence-electron chi connectivity index (χ1n) is 9.18. The monoisotopic (exact) mass is 365 g/mol. The second-order valence-corrected chi connectivity index (χ2v) is 7.05. The van der Waals surface area contributed by atoms with Crippen molar-refractivity contribution in [1.82, 2.24) is 19.4 Å². The number of imidazole rings is 1. The molecule has 0 N–H and O–H groups in total. The topological polar surface area (TPSA) is 67.4 Å². The lowest BCUT2D eigenvalue weighted by Crippen LogP contribution is -2.45. The van der Waals surface area contributed by atoms with Gasteiger partial charge in [0.15, 0.2) is 0 Å². The van der Waals surface area contributed by atoms with Gasteiger partial charge in [-0.15, -0.1) is 0 Å². The molecule has 0 radical (unpaired) electrons. The van der Waals surface area contributed by atoms with Crippen LogP contribution < -0.4 is 0 Å². The zero-order valence-electron chi connectivity index (χ0n) is 15.4. The number of rotatable bonds is 5. The molecule has 140 valence electrons. The van der Waals surface area contributed by atoms with Crippen molar-refractivity contribution in [3.05, 3.63) is 70.0 Å². The molecule has 2 heterocycles. The summed E-state index contributed by atoms with van der Waals surface area (Å²) in [6, 6.07) is 15.1. The summed E-state index contributed by atoms with van der Waals surface area (Å²) in [7, 11) is 2.08. The Balaban J connectivity index is 1.33. The summed E-state index contributed by atoms with van der Waals surface area (Å²) < 4.78 is 2.18. The van der Waals surface area contributed by atoms with Crippen molar-refractivity contribution >= 4 is 16.7 Å². The third kappa shape index (κ3) is 3.84. The van der Waals surface area contributed by atoms with Crippen LogP contribution in [0.5, 0.6) is 0 Å². The van der Waals surface area contributed by atoms with Gasteiger partial charge in [0.25, 0.3) is 5.69 Å². The Morgan fingerprint density at radius 1 is 0.963 bits per heavy atom. The molecule has 1 aliphatic heterocycles. The molecule has 0 bridgehead atoms. The molecule has 0 aliphatic carbocycles. The Bertz CT molecular complexity index is 943. The van der Waals surface area contributed by atoms with E-state index >= 15 is 0 Å². The third-order valence-corrected chi connectivity index (χ3v) is 5.26. The molecular formula is C20H23N5O2. The van der Waals surface area contributed by atoms with Crippen molar-refractivity contribution in [1.29, 1.82) is 0 Å². The van der Waals surface area contributed by atoms with Gasteiger partial charge in [0.1, 0.15) is 5.82 Å². The van der Waals surface area contributed by atoms with Crippen LogP contribution >= 0.6 is 0 Å². The highest BCUT2D eigenvalue weighted by molar-refractivity contribution is 5.75. The van der Waals surface area contributed by atoms with Crippen molar-refractivity contribution in [2.75, 3.05) is 26.2 Å². The summed E-state index contributed by atoms with van der Waals surface area (Å²) in [5.74, 6) is 1.10. The van der Waals surface area contributed by atoms with E-state index in [0.717, 1.165) is 56.2 Å². The van der Waals surface area contributed by atoms with Gasteiger partial charge in [-0.25, -0.2) is 4.98 Å². The number of fused-ring (bicyclic) bond motifs is 1. The first-order valence-corrected chi connectivity index (χ1v) is 9.18. The molecule has 3 aromatic rings. The van der Waals surface area contributed by atoms with Crippen LogP contribution in [0.2, 0.25) is 0 Å². The number of aryl methyl sites for hydroxylation is 1. The molecule has 0 atom stereocenters. The van der Waals surface area contributed by atoms with Gasteiger partial charge < -0.3 is 4.57 Å². The number of hydrogen-bond donors (Lipinski definition) is 0. The number of para-hydroxylation sites is 2. The summed E-state index contributed by atoms with van der Waals surface area (Å²) in [6.45, 7) is 5.66. The number of aromatic nitrogens is 2. The number of nitro groups is 1. The molecule has 1 saturated heterocycles. The second kappa shape index (κ2) is 7.46. The van der Waals surface area contributed by atoms with E-state index in [1.807, 2.05) is 24.3 Å². The third-order valence-electron chi connectivity index (χ3n) is 5.26. The lowest BCUT2D eigenvalue weighted by atomic mass is 10.2. The van der Waals surface area contributed by atoms with Crippen LogP contribution in [0.4, 0.5) is 5.69 Å². The molecule has 4 rings (SSSR count). The SMILES string of the molecule is Cn1c(CN2CCN(Cc3ccc([N+](=O)[O-])cc3)CC2)nc2ccccc21. The van der Waals surface area contributed by atoms with Crippen molar-refractivity contribution in [3.63, 3.8) is 0 Å². The van der Waals surface area contributed by atoms with Crippen molar-refractivity contribution in [2.45, 2.75) is 13.1 Å². The molecule has 1 aromatic heterocycles. The van der Waals surface area contributed by atoms with E-state index < -0.39 is 0 Å². The molecule has 0 saturated carbocycles. The second-order valence-electron chi connectivity index (χ2n) is 7.05. The number of nitrogens with zero attached hydrogens (tertiary/aromatic N) is 5. The number of piperazine rings is 1. The zero-order valence-corrected chi connectivity index (χ0v) is 15.4. The Hall–Kier alpha value is -2.77. The number of non-ortho nitro benzene ring substituents is 1. The molecule has 0 unspecified atom stereocenters. The van der Waals surface area contributed by atoms with E-state index in [1.54, 1.807) is 12.1 Å². The van der Waals surface area contributed by atoms with Gasteiger partial charge in [0, 0.05) is 51.9 Å². The van der Waals surface area contributed by atoms with E-state index in [2.05, 4.69) is 33.5 Å².